The van der Waals surface area contributed by atoms with Crippen LogP contribution in [0, 0.1) is 0 Å². The molecule has 2 nitrogen and oxygen atoms in total. The minimum Gasteiger partial charge on any atom is -0.288 e. The molecule has 2 heterocycles. The highest BCUT2D eigenvalue weighted by Gasteiger charge is 2.49. The number of carbonyl (C=O) groups excluding carboxylic acids is 1. The van der Waals surface area contributed by atoms with Gasteiger partial charge < -0.3 is 0 Å². The number of hydrogen-bond acceptors (Lipinski definition) is 3. The number of halogens is 1. The van der Waals surface area contributed by atoms with Crippen LogP contribution in [-0.4, -0.2) is 23.6 Å². The zero-order valence-corrected chi connectivity index (χ0v) is 10.6. The maximum atomic E-state index is 12.0. The van der Waals surface area contributed by atoms with Crippen molar-refractivity contribution in [2.75, 3.05) is 13.6 Å². The van der Waals surface area contributed by atoms with E-state index in [0.29, 0.717) is 5.02 Å². The van der Waals surface area contributed by atoms with Crippen LogP contribution in [0.25, 0.3) is 0 Å². The summed E-state index contributed by atoms with van der Waals surface area (Å²) in [4.78, 5) is 14.1. The van der Waals surface area contributed by atoms with Crippen LogP contribution in [0.5, 0.6) is 0 Å². The highest BCUT2D eigenvalue weighted by Crippen LogP contribution is 2.54. The van der Waals surface area contributed by atoms with Gasteiger partial charge in [-0.15, -0.1) is 0 Å². The second kappa shape index (κ2) is 3.49. The summed E-state index contributed by atoms with van der Waals surface area (Å²) >= 11 is 7.49. The fraction of sp³-hybridized carbons (Fsp3) is 0.417. The third kappa shape index (κ3) is 1.28. The van der Waals surface area contributed by atoms with Crippen LogP contribution in [0.15, 0.2) is 18.2 Å². The quantitative estimate of drug-likeness (QED) is 0.709. The van der Waals surface area contributed by atoms with Crippen molar-refractivity contribution in [3.05, 3.63) is 34.3 Å². The van der Waals surface area contributed by atoms with Crippen LogP contribution < -0.4 is 0 Å². The van der Waals surface area contributed by atoms with Gasteiger partial charge in [0.15, 0.2) is 0 Å². The van der Waals surface area contributed by atoms with Crippen LogP contribution in [0.3, 0.4) is 0 Å². The second-order valence-electron chi connectivity index (χ2n) is 4.39. The number of benzene rings is 1. The summed E-state index contributed by atoms with van der Waals surface area (Å²) in [5, 5.41) is 0.897. The third-order valence-corrected chi connectivity index (χ3v) is 5.22. The number of hydrogen-bond donors (Lipinski definition) is 0. The topological polar surface area (TPSA) is 20.3 Å². The van der Waals surface area contributed by atoms with E-state index in [-0.39, 0.29) is 9.99 Å². The van der Waals surface area contributed by atoms with Gasteiger partial charge in [0.2, 0.25) is 5.12 Å². The minimum absolute atomic E-state index is 0.142. The summed E-state index contributed by atoms with van der Waals surface area (Å²) in [6, 6.07) is 5.61. The molecule has 1 saturated heterocycles. The first-order valence-corrected chi connectivity index (χ1v) is 6.57. The average Bonchev–Trinajstić information content (AvgIpc) is 2.73. The molecule has 2 aliphatic heterocycles. The van der Waals surface area contributed by atoms with E-state index in [4.69, 9.17) is 11.6 Å². The Morgan fingerprint density at radius 1 is 1.50 bits per heavy atom. The molecule has 3 rings (SSSR count). The van der Waals surface area contributed by atoms with Gasteiger partial charge in [0, 0.05) is 10.6 Å². The Labute approximate surface area is 104 Å². The van der Waals surface area contributed by atoms with Crippen molar-refractivity contribution < 1.29 is 4.79 Å². The number of likely N-dealkylation sites (tertiary alicyclic amines) is 1. The van der Waals surface area contributed by atoms with Gasteiger partial charge in [-0.3, -0.25) is 9.69 Å². The summed E-state index contributed by atoms with van der Waals surface area (Å²) in [7, 11) is 2.09. The number of carbonyl (C=O) groups is 1. The molecule has 4 heteroatoms. The second-order valence-corrected chi connectivity index (χ2v) is 6.08. The van der Waals surface area contributed by atoms with Crippen LogP contribution in [0.4, 0.5) is 0 Å². The lowest BCUT2D eigenvalue weighted by molar-refractivity contribution is 0.109. The molecule has 0 bridgehead atoms. The molecule has 0 saturated carbocycles. The molecule has 0 aromatic heterocycles. The van der Waals surface area contributed by atoms with Crippen molar-refractivity contribution in [1.82, 2.24) is 4.90 Å². The Morgan fingerprint density at radius 2 is 2.31 bits per heavy atom. The summed E-state index contributed by atoms with van der Waals surface area (Å²) in [6.45, 7) is 1.05. The molecular weight excluding hydrogens is 242 g/mol. The molecule has 1 aromatic rings. The van der Waals surface area contributed by atoms with Crippen molar-refractivity contribution in [1.29, 1.82) is 0 Å². The minimum atomic E-state index is -0.142. The van der Waals surface area contributed by atoms with Crippen molar-refractivity contribution in [3.8, 4) is 0 Å². The fourth-order valence-corrected chi connectivity index (χ4v) is 4.22. The summed E-state index contributed by atoms with van der Waals surface area (Å²) in [5.74, 6) is 0. The lowest BCUT2D eigenvalue weighted by Crippen LogP contribution is -2.33. The van der Waals surface area contributed by atoms with E-state index in [9.17, 15) is 4.79 Å². The lowest BCUT2D eigenvalue weighted by atomic mass is 9.99. The van der Waals surface area contributed by atoms with Crippen LogP contribution in [-0.2, 0) is 4.87 Å². The van der Waals surface area contributed by atoms with Gasteiger partial charge in [0.05, 0.1) is 0 Å². The molecule has 0 N–H and O–H groups in total. The zero-order valence-electron chi connectivity index (χ0n) is 9.00. The Balaban J connectivity index is 2.20. The summed E-state index contributed by atoms with van der Waals surface area (Å²) in [5.41, 5.74) is 1.94. The first kappa shape index (κ1) is 10.6. The first-order valence-electron chi connectivity index (χ1n) is 5.38. The number of rotatable bonds is 0. The van der Waals surface area contributed by atoms with Crippen LogP contribution in [0.1, 0.15) is 28.8 Å². The Bertz CT molecular complexity index is 476. The first-order chi connectivity index (χ1) is 7.63. The Hall–Kier alpha value is -0.510. The predicted octanol–water partition coefficient (Wildman–Crippen LogP) is 3.11. The van der Waals surface area contributed by atoms with E-state index in [1.807, 2.05) is 12.1 Å². The van der Waals surface area contributed by atoms with Gasteiger partial charge >= 0.3 is 0 Å². The standard InChI is InChI=1S/C12H12ClNOS/c1-14-6-2-5-12(14)10-7-8(13)3-4-9(10)11(15)16-12/h3-4,7H,2,5-6H2,1H3. The van der Waals surface area contributed by atoms with Crippen molar-refractivity contribution in [3.63, 3.8) is 0 Å². The Kier molecular flexibility index (Phi) is 2.32. The highest BCUT2D eigenvalue weighted by molar-refractivity contribution is 8.15. The normalized spacial score (nSPS) is 29.0. The highest BCUT2D eigenvalue weighted by atomic mass is 35.5. The molecule has 0 radical (unpaired) electrons. The van der Waals surface area contributed by atoms with Gasteiger partial charge in [-0.25, -0.2) is 0 Å². The van der Waals surface area contributed by atoms with E-state index in [0.717, 1.165) is 30.5 Å². The Morgan fingerprint density at radius 3 is 3.00 bits per heavy atom. The van der Waals surface area contributed by atoms with Gasteiger partial charge in [-0.1, -0.05) is 23.4 Å². The van der Waals surface area contributed by atoms with E-state index >= 15 is 0 Å². The molecule has 1 aromatic carbocycles. The predicted molar refractivity (Wildman–Crippen MR) is 66.9 cm³/mol. The number of nitrogens with zero attached hydrogens (tertiary/aromatic N) is 1. The monoisotopic (exact) mass is 253 g/mol. The third-order valence-electron chi connectivity index (χ3n) is 3.51. The average molecular weight is 254 g/mol. The molecule has 84 valence electrons. The molecule has 0 amide bonds. The van der Waals surface area contributed by atoms with Crippen molar-refractivity contribution in [2.45, 2.75) is 17.7 Å². The lowest BCUT2D eigenvalue weighted by Gasteiger charge is -2.31. The SMILES string of the molecule is CN1CCCC12SC(=O)c1ccc(Cl)cc12. The zero-order chi connectivity index (χ0) is 11.3. The van der Waals surface area contributed by atoms with Gasteiger partial charge in [0.1, 0.15) is 4.87 Å². The molecule has 1 fully saturated rings. The van der Waals surface area contributed by atoms with Crippen LogP contribution in [0.2, 0.25) is 5.02 Å². The fourth-order valence-electron chi connectivity index (χ4n) is 2.68. The van der Waals surface area contributed by atoms with Gasteiger partial charge in [0.25, 0.3) is 0 Å². The number of thioether (sulfide) groups is 1. The molecule has 1 atom stereocenters. The number of fused-ring (bicyclic) bond motifs is 2. The molecule has 2 aliphatic rings. The maximum Gasteiger partial charge on any atom is 0.221 e. The van der Waals surface area contributed by atoms with Crippen LogP contribution >= 0.6 is 23.4 Å². The van der Waals surface area contributed by atoms with E-state index in [2.05, 4.69) is 11.9 Å². The summed E-state index contributed by atoms with van der Waals surface area (Å²) < 4.78 is 0. The van der Waals surface area contributed by atoms with Crippen molar-refractivity contribution in [2.24, 2.45) is 0 Å². The molecule has 16 heavy (non-hydrogen) atoms. The maximum absolute atomic E-state index is 12.0. The van der Waals surface area contributed by atoms with Crippen molar-refractivity contribution >= 4 is 28.5 Å². The summed E-state index contributed by atoms with van der Waals surface area (Å²) in [6.07, 6.45) is 2.18. The van der Waals surface area contributed by atoms with E-state index < -0.39 is 0 Å². The smallest absolute Gasteiger partial charge is 0.221 e. The molecule has 1 spiro atoms. The largest absolute Gasteiger partial charge is 0.288 e. The van der Waals surface area contributed by atoms with Gasteiger partial charge in [-0.05, 0) is 50.2 Å². The van der Waals surface area contributed by atoms with E-state index in [1.54, 1.807) is 6.07 Å². The molecule has 1 unspecified atom stereocenters. The van der Waals surface area contributed by atoms with Gasteiger partial charge in [-0.2, -0.15) is 0 Å². The molecular formula is C12H12ClNOS. The van der Waals surface area contributed by atoms with E-state index in [1.165, 1.54) is 11.8 Å². The molecule has 0 aliphatic carbocycles.